The minimum atomic E-state index is -4.72. The highest BCUT2D eigenvalue weighted by Gasteiger charge is 2.45. The van der Waals surface area contributed by atoms with Gasteiger partial charge in [-0.1, -0.05) is 24.3 Å². The Morgan fingerprint density at radius 1 is 1.37 bits per heavy atom. The lowest BCUT2D eigenvalue weighted by Gasteiger charge is -2.25. The van der Waals surface area contributed by atoms with Gasteiger partial charge in [-0.2, -0.15) is 0 Å². The zero-order valence-corrected chi connectivity index (χ0v) is 10.0. The average molecular weight is 274 g/mol. The number of carboxylic acid groups (broad SMARTS) is 1. The van der Waals surface area contributed by atoms with E-state index < -0.39 is 24.4 Å². The topological polar surface area (TPSA) is 46.5 Å². The number of aliphatic carboxylic acids is 1. The van der Waals surface area contributed by atoms with Gasteiger partial charge in [0, 0.05) is 0 Å². The third-order valence-corrected chi connectivity index (χ3v) is 3.56. The van der Waals surface area contributed by atoms with Crippen LogP contribution in [0.1, 0.15) is 24.0 Å². The molecule has 0 saturated carbocycles. The van der Waals surface area contributed by atoms with E-state index >= 15 is 0 Å². The van der Waals surface area contributed by atoms with Crippen molar-refractivity contribution in [2.45, 2.75) is 31.0 Å². The Balaban J connectivity index is 2.20. The fourth-order valence-electron chi connectivity index (χ4n) is 2.62. The fraction of sp³-hybridized carbons (Fsp3) is 0.462. The molecule has 19 heavy (non-hydrogen) atoms. The maximum atomic E-state index is 12.0. The molecule has 0 radical (unpaired) electrons. The van der Waals surface area contributed by atoms with Crippen LogP contribution in [0.25, 0.3) is 0 Å². The highest BCUT2D eigenvalue weighted by Crippen LogP contribution is 2.42. The molecule has 104 valence electrons. The molecule has 0 aromatic heterocycles. The molecule has 0 spiro atoms. The van der Waals surface area contributed by atoms with Crippen LogP contribution >= 0.6 is 0 Å². The SMILES string of the molecule is O=C(O)C1(CCOC(F)(F)F)CCc2ccccc21. The molecule has 0 fully saturated rings. The molecule has 0 saturated heterocycles. The summed E-state index contributed by atoms with van der Waals surface area (Å²) >= 11 is 0. The number of alkyl halides is 3. The lowest BCUT2D eigenvalue weighted by molar-refractivity contribution is -0.325. The van der Waals surface area contributed by atoms with Crippen molar-refractivity contribution in [3.63, 3.8) is 0 Å². The Morgan fingerprint density at radius 3 is 2.68 bits per heavy atom. The molecule has 1 aromatic carbocycles. The minimum absolute atomic E-state index is 0.182. The number of halogens is 3. The number of aryl methyl sites for hydroxylation is 1. The molecule has 6 heteroatoms. The van der Waals surface area contributed by atoms with Crippen LogP contribution in [0, 0.1) is 0 Å². The first-order valence-corrected chi connectivity index (χ1v) is 5.88. The second kappa shape index (κ2) is 4.85. The van der Waals surface area contributed by atoms with Gasteiger partial charge in [0.15, 0.2) is 0 Å². The minimum Gasteiger partial charge on any atom is -0.481 e. The van der Waals surface area contributed by atoms with Crippen LogP contribution in [0.3, 0.4) is 0 Å². The van der Waals surface area contributed by atoms with E-state index in [-0.39, 0.29) is 6.42 Å². The van der Waals surface area contributed by atoms with E-state index in [9.17, 15) is 23.1 Å². The summed E-state index contributed by atoms with van der Waals surface area (Å²) in [6.07, 6.45) is -4.03. The summed E-state index contributed by atoms with van der Waals surface area (Å²) < 4.78 is 39.7. The maximum absolute atomic E-state index is 12.0. The number of benzene rings is 1. The summed E-state index contributed by atoms with van der Waals surface area (Å²) in [5.41, 5.74) is 0.229. The van der Waals surface area contributed by atoms with Gasteiger partial charge in [0.1, 0.15) is 0 Å². The van der Waals surface area contributed by atoms with E-state index in [0.717, 1.165) is 5.56 Å². The molecule has 1 atom stereocenters. The fourth-order valence-corrected chi connectivity index (χ4v) is 2.62. The van der Waals surface area contributed by atoms with E-state index in [4.69, 9.17) is 0 Å². The first kappa shape index (κ1) is 13.9. The van der Waals surface area contributed by atoms with E-state index in [1.54, 1.807) is 18.2 Å². The van der Waals surface area contributed by atoms with Crippen LogP contribution in [0.4, 0.5) is 13.2 Å². The van der Waals surface area contributed by atoms with Crippen molar-refractivity contribution in [1.29, 1.82) is 0 Å². The third-order valence-electron chi connectivity index (χ3n) is 3.56. The van der Waals surface area contributed by atoms with E-state index in [2.05, 4.69) is 4.74 Å². The number of hydrogen-bond acceptors (Lipinski definition) is 2. The highest BCUT2D eigenvalue weighted by molar-refractivity contribution is 5.83. The summed E-state index contributed by atoms with van der Waals surface area (Å²) in [6, 6.07) is 6.98. The molecule has 0 amide bonds. The molecule has 0 heterocycles. The summed E-state index contributed by atoms with van der Waals surface area (Å²) in [5, 5.41) is 9.40. The lowest BCUT2D eigenvalue weighted by Crippen LogP contribution is -2.35. The second-order valence-electron chi connectivity index (χ2n) is 4.59. The predicted molar refractivity (Wildman–Crippen MR) is 60.7 cm³/mol. The Bertz CT molecular complexity index is 484. The molecular weight excluding hydrogens is 261 g/mol. The van der Waals surface area contributed by atoms with Crippen LogP contribution in [0.15, 0.2) is 24.3 Å². The zero-order valence-electron chi connectivity index (χ0n) is 10.0. The van der Waals surface area contributed by atoms with Crippen molar-refractivity contribution in [3.05, 3.63) is 35.4 Å². The Morgan fingerprint density at radius 2 is 2.05 bits per heavy atom. The number of carboxylic acids is 1. The van der Waals surface area contributed by atoms with Crippen molar-refractivity contribution >= 4 is 5.97 Å². The molecule has 2 rings (SSSR count). The average Bonchev–Trinajstić information content (AvgIpc) is 2.68. The Hall–Kier alpha value is -1.56. The van der Waals surface area contributed by atoms with Gasteiger partial charge in [0.2, 0.25) is 0 Å². The Labute approximate surface area is 108 Å². The van der Waals surface area contributed by atoms with Gasteiger partial charge in [0.25, 0.3) is 0 Å². The van der Waals surface area contributed by atoms with Gasteiger partial charge in [-0.15, -0.1) is 13.2 Å². The van der Waals surface area contributed by atoms with Crippen LogP contribution in [-0.2, 0) is 21.4 Å². The van der Waals surface area contributed by atoms with E-state index in [1.807, 2.05) is 6.07 Å². The summed E-state index contributed by atoms with van der Waals surface area (Å²) in [6.45, 7) is -0.649. The number of fused-ring (bicyclic) bond motifs is 1. The molecule has 1 aliphatic rings. The van der Waals surface area contributed by atoms with Crippen LogP contribution < -0.4 is 0 Å². The number of carbonyl (C=O) groups is 1. The van der Waals surface area contributed by atoms with Crippen molar-refractivity contribution in [2.24, 2.45) is 0 Å². The standard InChI is InChI=1S/C13H13F3O3/c14-13(15,16)19-8-7-12(11(17)18)6-5-9-3-1-2-4-10(9)12/h1-4H,5-8H2,(H,17,18). The van der Waals surface area contributed by atoms with Crippen molar-refractivity contribution in [1.82, 2.24) is 0 Å². The summed E-state index contributed by atoms with van der Waals surface area (Å²) in [4.78, 5) is 11.5. The highest BCUT2D eigenvalue weighted by atomic mass is 19.4. The molecule has 1 N–H and O–H groups in total. The smallest absolute Gasteiger partial charge is 0.481 e. The third kappa shape index (κ3) is 2.73. The molecular formula is C13H13F3O3. The van der Waals surface area contributed by atoms with Crippen molar-refractivity contribution in [3.8, 4) is 0 Å². The van der Waals surface area contributed by atoms with Crippen LogP contribution in [-0.4, -0.2) is 24.0 Å². The molecule has 1 aromatic rings. The summed E-state index contributed by atoms with van der Waals surface area (Å²) in [7, 11) is 0. The number of rotatable bonds is 4. The largest absolute Gasteiger partial charge is 0.522 e. The van der Waals surface area contributed by atoms with Gasteiger partial charge in [0.05, 0.1) is 12.0 Å². The zero-order chi connectivity index (χ0) is 14.1. The lowest BCUT2D eigenvalue weighted by atomic mass is 9.79. The number of hydrogen-bond donors (Lipinski definition) is 1. The first-order valence-electron chi connectivity index (χ1n) is 5.88. The van der Waals surface area contributed by atoms with Crippen molar-refractivity contribution < 1.29 is 27.8 Å². The second-order valence-corrected chi connectivity index (χ2v) is 4.59. The normalized spacial score (nSPS) is 22.3. The maximum Gasteiger partial charge on any atom is 0.522 e. The predicted octanol–water partition coefficient (Wildman–Crippen LogP) is 2.88. The van der Waals surface area contributed by atoms with Gasteiger partial charge < -0.3 is 5.11 Å². The monoisotopic (exact) mass is 274 g/mol. The molecule has 0 bridgehead atoms. The molecule has 1 aliphatic carbocycles. The Kier molecular flexibility index (Phi) is 3.54. The van der Waals surface area contributed by atoms with Gasteiger partial charge in [-0.05, 0) is 30.4 Å². The quantitative estimate of drug-likeness (QED) is 0.918. The molecule has 1 unspecified atom stereocenters. The van der Waals surface area contributed by atoms with Gasteiger partial charge >= 0.3 is 12.3 Å². The molecule has 3 nitrogen and oxygen atoms in total. The summed E-state index contributed by atoms with van der Waals surface area (Å²) in [5.74, 6) is -1.09. The van der Waals surface area contributed by atoms with Crippen LogP contribution in [0.5, 0.6) is 0 Å². The first-order chi connectivity index (χ1) is 8.85. The molecule has 0 aliphatic heterocycles. The van der Waals surface area contributed by atoms with Gasteiger partial charge in [-0.3, -0.25) is 9.53 Å². The van der Waals surface area contributed by atoms with Gasteiger partial charge in [-0.25, -0.2) is 0 Å². The van der Waals surface area contributed by atoms with Crippen molar-refractivity contribution in [2.75, 3.05) is 6.61 Å². The van der Waals surface area contributed by atoms with E-state index in [1.165, 1.54) is 0 Å². The van der Waals surface area contributed by atoms with Crippen LogP contribution in [0.2, 0.25) is 0 Å². The number of ether oxygens (including phenoxy) is 1. The van der Waals surface area contributed by atoms with E-state index in [0.29, 0.717) is 18.4 Å².